The zero-order valence-electron chi connectivity index (χ0n) is 13.2. The van der Waals surface area contributed by atoms with Gasteiger partial charge in [-0.3, -0.25) is 4.79 Å². The number of nitrogens with one attached hydrogen (secondary N) is 1. The van der Waals surface area contributed by atoms with Crippen LogP contribution in [0.25, 0.3) is 0 Å². The van der Waals surface area contributed by atoms with Gasteiger partial charge in [0.1, 0.15) is 18.8 Å². The maximum atomic E-state index is 11.3. The van der Waals surface area contributed by atoms with Gasteiger partial charge in [0.2, 0.25) is 0 Å². The van der Waals surface area contributed by atoms with E-state index in [1.807, 2.05) is 0 Å². The molecule has 0 aromatic heterocycles. The topological polar surface area (TPSA) is 73.9 Å². The first-order valence-corrected chi connectivity index (χ1v) is 9.61. The van der Waals surface area contributed by atoms with Gasteiger partial charge in [-0.15, -0.1) is 0 Å². The third-order valence-electron chi connectivity index (χ3n) is 3.91. The molecule has 6 nitrogen and oxygen atoms in total. The highest BCUT2D eigenvalue weighted by atomic mass is 28.4. The van der Waals surface area contributed by atoms with Gasteiger partial charge in [-0.05, 0) is 18.1 Å². The minimum Gasteiger partial charge on any atom is -0.463 e. The van der Waals surface area contributed by atoms with E-state index in [0.29, 0.717) is 0 Å². The molecule has 0 saturated carbocycles. The van der Waals surface area contributed by atoms with Gasteiger partial charge in [0, 0.05) is 6.92 Å². The SMILES string of the molecule is CC(=O)OC[C@@]1(CO[Si](C)(C)C(C)(C)C)COC(=O)N1. The van der Waals surface area contributed by atoms with Crippen LogP contribution in [0, 0.1) is 0 Å². The Morgan fingerprint density at radius 1 is 1.40 bits per heavy atom. The van der Waals surface area contributed by atoms with E-state index in [-0.39, 0.29) is 24.9 Å². The number of amides is 1. The van der Waals surface area contributed by atoms with Crippen LogP contribution in [0.1, 0.15) is 27.7 Å². The third-order valence-corrected chi connectivity index (χ3v) is 8.39. The van der Waals surface area contributed by atoms with Crippen molar-refractivity contribution in [1.29, 1.82) is 0 Å². The highest BCUT2D eigenvalue weighted by Gasteiger charge is 2.45. The van der Waals surface area contributed by atoms with Gasteiger partial charge < -0.3 is 19.2 Å². The number of carbonyl (C=O) groups is 2. The molecule has 0 unspecified atom stereocenters. The summed E-state index contributed by atoms with van der Waals surface area (Å²) in [5.74, 6) is -0.391. The van der Waals surface area contributed by atoms with Crippen molar-refractivity contribution in [2.75, 3.05) is 19.8 Å². The molecule has 0 bridgehead atoms. The van der Waals surface area contributed by atoms with Crippen LogP contribution in [0.15, 0.2) is 0 Å². The number of carbonyl (C=O) groups excluding carboxylic acids is 2. The second-order valence-corrected chi connectivity index (χ2v) is 11.6. The van der Waals surface area contributed by atoms with Crippen LogP contribution in [-0.2, 0) is 18.7 Å². The van der Waals surface area contributed by atoms with Crippen LogP contribution in [0.2, 0.25) is 18.1 Å². The number of hydrogen-bond acceptors (Lipinski definition) is 5. The molecule has 0 aromatic rings. The highest BCUT2D eigenvalue weighted by Crippen LogP contribution is 2.37. The molecule has 1 amide bonds. The minimum absolute atomic E-state index is 0.0582. The van der Waals surface area contributed by atoms with Crippen molar-refractivity contribution < 1.29 is 23.5 Å². The summed E-state index contributed by atoms with van der Waals surface area (Å²) in [5, 5.41) is 2.77. The number of alkyl carbamates (subject to hydrolysis) is 1. The Balaban J connectivity index is 2.72. The molecule has 1 heterocycles. The van der Waals surface area contributed by atoms with Crippen LogP contribution >= 0.6 is 0 Å². The first kappa shape index (κ1) is 17.0. The van der Waals surface area contributed by atoms with Crippen LogP contribution < -0.4 is 5.32 Å². The molecule has 1 N–H and O–H groups in total. The van der Waals surface area contributed by atoms with Crippen molar-refractivity contribution >= 4 is 20.4 Å². The molecule has 1 rings (SSSR count). The molecule has 1 atom stereocenters. The fraction of sp³-hybridized carbons (Fsp3) is 0.846. The number of cyclic esters (lactones) is 1. The fourth-order valence-corrected chi connectivity index (χ4v) is 2.53. The standard InChI is InChI=1S/C13H25NO5Si/c1-10(15)17-7-13(8-18-11(16)14-13)9-19-20(5,6)12(2,3)4/h7-9H2,1-6H3,(H,14,16)/t13-/m0/s1. The van der Waals surface area contributed by atoms with Gasteiger partial charge in [0.25, 0.3) is 0 Å². The van der Waals surface area contributed by atoms with E-state index in [0.717, 1.165) is 0 Å². The zero-order valence-corrected chi connectivity index (χ0v) is 14.2. The number of rotatable bonds is 5. The molecular weight excluding hydrogens is 278 g/mol. The molecule has 1 aliphatic heterocycles. The van der Waals surface area contributed by atoms with Crippen LogP contribution in [-0.4, -0.2) is 45.7 Å². The van der Waals surface area contributed by atoms with E-state index in [9.17, 15) is 9.59 Å². The van der Waals surface area contributed by atoms with Crippen molar-refractivity contribution in [3.63, 3.8) is 0 Å². The Morgan fingerprint density at radius 3 is 2.40 bits per heavy atom. The summed E-state index contributed by atoms with van der Waals surface area (Å²) >= 11 is 0. The Bertz CT molecular complexity index is 391. The van der Waals surface area contributed by atoms with Crippen molar-refractivity contribution in [3.8, 4) is 0 Å². The monoisotopic (exact) mass is 303 g/mol. The molecule has 1 aliphatic rings. The Morgan fingerprint density at radius 2 is 2.00 bits per heavy atom. The fourth-order valence-electron chi connectivity index (χ4n) is 1.46. The summed E-state index contributed by atoms with van der Waals surface area (Å²) < 4.78 is 16.1. The minimum atomic E-state index is -1.95. The summed E-state index contributed by atoms with van der Waals surface area (Å²) in [6, 6.07) is 0. The number of ether oxygens (including phenoxy) is 2. The van der Waals surface area contributed by atoms with Crippen molar-refractivity contribution in [1.82, 2.24) is 5.32 Å². The smallest absolute Gasteiger partial charge is 0.407 e. The van der Waals surface area contributed by atoms with Crippen LogP contribution in [0.4, 0.5) is 4.79 Å². The lowest BCUT2D eigenvalue weighted by molar-refractivity contribution is -0.143. The summed E-state index contributed by atoms with van der Waals surface area (Å²) in [7, 11) is -1.95. The quantitative estimate of drug-likeness (QED) is 0.621. The van der Waals surface area contributed by atoms with Gasteiger partial charge in [0.05, 0.1) is 6.61 Å². The maximum absolute atomic E-state index is 11.3. The number of hydrogen-bond donors (Lipinski definition) is 1. The van der Waals surface area contributed by atoms with Crippen molar-refractivity contribution in [2.45, 2.75) is 51.4 Å². The lowest BCUT2D eigenvalue weighted by Gasteiger charge is -2.39. The first-order chi connectivity index (χ1) is 8.97. The van der Waals surface area contributed by atoms with E-state index in [2.05, 4.69) is 39.2 Å². The van der Waals surface area contributed by atoms with Gasteiger partial charge in [0.15, 0.2) is 8.32 Å². The lowest BCUT2D eigenvalue weighted by atomic mass is 10.1. The predicted molar refractivity (Wildman–Crippen MR) is 77.0 cm³/mol. The van der Waals surface area contributed by atoms with Crippen molar-refractivity contribution in [3.05, 3.63) is 0 Å². The normalized spacial score (nSPS) is 23.2. The molecule has 1 saturated heterocycles. The predicted octanol–water partition coefficient (Wildman–Crippen LogP) is 2.05. The summed E-state index contributed by atoms with van der Waals surface area (Å²) in [6.07, 6.45) is -0.504. The Hall–Kier alpha value is -1.08. The number of esters is 1. The molecule has 0 radical (unpaired) electrons. The van der Waals surface area contributed by atoms with E-state index >= 15 is 0 Å². The van der Waals surface area contributed by atoms with Gasteiger partial charge >= 0.3 is 12.1 Å². The molecule has 1 fully saturated rings. The average Bonchev–Trinajstić information content (AvgIpc) is 2.65. The summed E-state index contributed by atoms with van der Waals surface area (Å²) in [4.78, 5) is 22.3. The maximum Gasteiger partial charge on any atom is 0.407 e. The van der Waals surface area contributed by atoms with Gasteiger partial charge in [-0.1, -0.05) is 20.8 Å². The average molecular weight is 303 g/mol. The van der Waals surface area contributed by atoms with Crippen LogP contribution in [0.5, 0.6) is 0 Å². The molecule has 116 valence electrons. The molecular formula is C13H25NO5Si. The largest absolute Gasteiger partial charge is 0.463 e. The lowest BCUT2D eigenvalue weighted by Crippen LogP contribution is -2.55. The van der Waals surface area contributed by atoms with E-state index in [1.165, 1.54) is 6.92 Å². The molecule has 0 aliphatic carbocycles. The summed E-state index contributed by atoms with van der Waals surface area (Å²) in [5.41, 5.74) is -0.779. The van der Waals surface area contributed by atoms with Gasteiger partial charge in [-0.2, -0.15) is 0 Å². The molecule has 0 spiro atoms. The third kappa shape index (κ3) is 4.21. The Labute approximate surface area is 121 Å². The van der Waals surface area contributed by atoms with Gasteiger partial charge in [-0.25, -0.2) is 4.79 Å². The van der Waals surface area contributed by atoms with Crippen LogP contribution in [0.3, 0.4) is 0 Å². The second-order valence-electron chi connectivity index (χ2n) is 6.81. The van der Waals surface area contributed by atoms with E-state index < -0.39 is 25.9 Å². The molecule has 7 heteroatoms. The van der Waals surface area contributed by atoms with E-state index in [1.54, 1.807) is 0 Å². The first-order valence-electron chi connectivity index (χ1n) is 6.70. The van der Waals surface area contributed by atoms with Crippen molar-refractivity contribution in [2.24, 2.45) is 0 Å². The molecule has 0 aromatic carbocycles. The Kier molecular flexibility index (Phi) is 4.86. The highest BCUT2D eigenvalue weighted by molar-refractivity contribution is 6.74. The zero-order chi connectivity index (χ0) is 15.6. The molecule has 20 heavy (non-hydrogen) atoms. The van der Waals surface area contributed by atoms with E-state index in [4.69, 9.17) is 13.9 Å². The summed E-state index contributed by atoms with van der Waals surface area (Å²) in [6.45, 7) is 12.5. The second kappa shape index (κ2) is 5.73.